The molecule has 0 bridgehead atoms. The Hall–Kier alpha value is -7.92. The van der Waals surface area contributed by atoms with Gasteiger partial charge < -0.3 is 14.5 Å². The molecule has 0 spiro atoms. The molecule has 250 valence electrons. The van der Waals surface area contributed by atoms with Crippen molar-refractivity contribution in [3.8, 4) is 29.6 Å². The third-order valence-corrected chi connectivity index (χ3v) is 10.4. The third-order valence-electron chi connectivity index (χ3n) is 10.4. The van der Waals surface area contributed by atoms with Gasteiger partial charge in [0.15, 0.2) is 0 Å². The Morgan fingerprint density at radius 2 is 1.11 bits per heavy atom. The molecule has 1 aliphatic rings. The maximum absolute atomic E-state index is 10.8. The fourth-order valence-electron chi connectivity index (χ4n) is 8.07. The van der Waals surface area contributed by atoms with E-state index in [4.69, 9.17) is 4.99 Å². The molecule has 7 nitrogen and oxygen atoms in total. The molecule has 1 atom stereocenters. The molecule has 3 heterocycles. The molecule has 2 aromatic heterocycles. The van der Waals surface area contributed by atoms with E-state index in [1.807, 2.05) is 60.7 Å². The van der Waals surface area contributed by atoms with Gasteiger partial charge >= 0.3 is 0 Å². The summed E-state index contributed by atoms with van der Waals surface area (Å²) in [6.07, 6.45) is -0.489. The van der Waals surface area contributed by atoms with Gasteiger partial charge in [-0.2, -0.15) is 15.8 Å². The molecule has 0 saturated carbocycles. The van der Waals surface area contributed by atoms with Gasteiger partial charge in [-0.3, -0.25) is 4.99 Å². The molecule has 9 aromatic rings. The summed E-state index contributed by atoms with van der Waals surface area (Å²) in [4.78, 5) is 5.13. The van der Waals surface area contributed by atoms with Crippen molar-refractivity contribution in [1.29, 1.82) is 15.8 Å². The molecule has 10 rings (SSSR count). The molecular formula is C47H27N7. The lowest BCUT2D eigenvalue weighted by Gasteiger charge is -2.27. The Morgan fingerprint density at radius 1 is 0.500 bits per heavy atom. The number of aliphatic imine (C=N–C) groups is 1. The SMILES string of the molecule is N#Cc1cc(C#N)c2c(c1)NC(c1ccccc1)N=C2c1ccc(-n2c3ccccc3c3cc4c5ccccc5n(-c5ccccc5)c4cc32)cc1C#N. The van der Waals surface area contributed by atoms with Crippen molar-refractivity contribution in [2.45, 2.75) is 6.17 Å². The van der Waals surface area contributed by atoms with E-state index < -0.39 is 6.17 Å². The monoisotopic (exact) mass is 689 g/mol. The van der Waals surface area contributed by atoms with E-state index in [-0.39, 0.29) is 0 Å². The molecule has 1 aliphatic heterocycles. The molecule has 1 unspecified atom stereocenters. The minimum absolute atomic E-state index is 0.315. The van der Waals surface area contributed by atoms with E-state index in [1.165, 1.54) is 10.8 Å². The number of para-hydroxylation sites is 3. The first-order chi connectivity index (χ1) is 26.6. The highest BCUT2D eigenvalue weighted by Gasteiger charge is 2.28. The smallest absolute Gasteiger partial charge is 0.145 e. The first-order valence-corrected chi connectivity index (χ1v) is 17.6. The molecule has 0 radical (unpaired) electrons. The summed E-state index contributed by atoms with van der Waals surface area (Å²) >= 11 is 0. The summed E-state index contributed by atoms with van der Waals surface area (Å²) in [5, 5.41) is 38.8. The zero-order valence-corrected chi connectivity index (χ0v) is 28.7. The molecular weight excluding hydrogens is 663 g/mol. The number of benzene rings is 7. The maximum Gasteiger partial charge on any atom is 0.145 e. The van der Waals surface area contributed by atoms with Crippen molar-refractivity contribution < 1.29 is 0 Å². The summed E-state index contributed by atoms with van der Waals surface area (Å²) in [6, 6.07) is 57.8. The van der Waals surface area contributed by atoms with E-state index in [0.29, 0.717) is 39.2 Å². The van der Waals surface area contributed by atoms with Crippen molar-refractivity contribution in [2.75, 3.05) is 5.32 Å². The second kappa shape index (κ2) is 12.1. The van der Waals surface area contributed by atoms with Crippen molar-refractivity contribution in [3.63, 3.8) is 0 Å². The highest BCUT2D eigenvalue weighted by Crippen LogP contribution is 2.41. The van der Waals surface area contributed by atoms with Crippen molar-refractivity contribution in [2.24, 2.45) is 4.99 Å². The first kappa shape index (κ1) is 30.9. The summed E-state index contributed by atoms with van der Waals surface area (Å²) in [5.74, 6) is 0. The number of nitrogens with zero attached hydrogens (tertiary/aromatic N) is 6. The van der Waals surface area contributed by atoms with Gasteiger partial charge in [-0.15, -0.1) is 0 Å². The van der Waals surface area contributed by atoms with Crippen LogP contribution in [0.3, 0.4) is 0 Å². The molecule has 0 amide bonds. The van der Waals surface area contributed by atoms with Crippen LogP contribution >= 0.6 is 0 Å². The minimum Gasteiger partial charge on any atom is -0.359 e. The normalized spacial score (nSPS) is 13.6. The van der Waals surface area contributed by atoms with Gasteiger partial charge in [0.1, 0.15) is 6.17 Å². The lowest BCUT2D eigenvalue weighted by molar-refractivity contribution is 0.827. The fourth-order valence-corrected chi connectivity index (χ4v) is 8.07. The number of anilines is 1. The standard InChI is InChI=1S/C47H27N7/c48-26-29-21-32(28-50)45-40(22-29)51-47(30-11-3-1-4-12-30)52-46(45)35-20-19-34(23-31(35)27-49)54-42-18-10-8-16-37(42)39-24-38-36-15-7-9-17-41(36)53(43(38)25-44(39)54)33-13-5-2-6-14-33/h1-25,47,51H. The van der Waals surface area contributed by atoms with Crippen molar-refractivity contribution in [1.82, 2.24) is 9.13 Å². The highest BCUT2D eigenvalue weighted by molar-refractivity contribution is 6.21. The van der Waals surface area contributed by atoms with E-state index in [1.54, 1.807) is 12.1 Å². The van der Waals surface area contributed by atoms with Gasteiger partial charge in [0.25, 0.3) is 0 Å². The van der Waals surface area contributed by atoms with Crippen LogP contribution in [0.25, 0.3) is 55.0 Å². The van der Waals surface area contributed by atoms with E-state index in [2.05, 4.69) is 112 Å². The number of fused-ring (bicyclic) bond motifs is 7. The Morgan fingerprint density at radius 3 is 1.76 bits per heavy atom. The van der Waals surface area contributed by atoms with Gasteiger partial charge in [-0.1, -0.05) is 84.9 Å². The van der Waals surface area contributed by atoms with Gasteiger partial charge in [0.05, 0.1) is 62.7 Å². The van der Waals surface area contributed by atoms with Crippen LogP contribution < -0.4 is 5.32 Å². The first-order valence-electron chi connectivity index (χ1n) is 17.6. The Bertz CT molecular complexity index is 3170. The van der Waals surface area contributed by atoms with Gasteiger partial charge in [0.2, 0.25) is 0 Å². The van der Waals surface area contributed by atoms with Crippen LogP contribution in [-0.4, -0.2) is 14.8 Å². The fraction of sp³-hybridized carbons (Fsp3) is 0.0213. The summed E-state index contributed by atoms with van der Waals surface area (Å²) in [7, 11) is 0. The topological polar surface area (TPSA) is 106 Å². The zero-order valence-electron chi connectivity index (χ0n) is 28.7. The molecule has 54 heavy (non-hydrogen) atoms. The van der Waals surface area contributed by atoms with Gasteiger partial charge in [-0.25, -0.2) is 0 Å². The largest absolute Gasteiger partial charge is 0.359 e. The predicted molar refractivity (Wildman–Crippen MR) is 214 cm³/mol. The number of aromatic nitrogens is 2. The summed E-state index contributed by atoms with van der Waals surface area (Å²) in [5.41, 5.74) is 10.5. The second-order valence-corrected chi connectivity index (χ2v) is 13.4. The Kier molecular flexibility index (Phi) is 6.92. The number of nitrogens with one attached hydrogen (secondary N) is 1. The van der Waals surface area contributed by atoms with Crippen molar-refractivity contribution in [3.05, 3.63) is 185 Å². The molecule has 0 fully saturated rings. The minimum atomic E-state index is -0.489. The van der Waals surface area contributed by atoms with Gasteiger partial charge in [-0.05, 0) is 72.3 Å². The van der Waals surface area contributed by atoms with E-state index in [9.17, 15) is 15.8 Å². The van der Waals surface area contributed by atoms with Gasteiger partial charge in [0, 0.05) is 49.7 Å². The van der Waals surface area contributed by atoms with Crippen LogP contribution in [0.2, 0.25) is 0 Å². The van der Waals surface area contributed by atoms with Crippen molar-refractivity contribution >= 4 is 55.0 Å². The van der Waals surface area contributed by atoms with Crippen LogP contribution in [0.15, 0.2) is 157 Å². The van der Waals surface area contributed by atoms with Crippen LogP contribution in [-0.2, 0) is 0 Å². The van der Waals surface area contributed by atoms with Crippen LogP contribution in [0.5, 0.6) is 0 Å². The van der Waals surface area contributed by atoms with Crippen LogP contribution in [0, 0.1) is 34.0 Å². The van der Waals surface area contributed by atoms with E-state index in [0.717, 1.165) is 49.8 Å². The number of nitriles is 3. The molecule has 1 N–H and O–H groups in total. The number of hydrogen-bond acceptors (Lipinski definition) is 5. The second-order valence-electron chi connectivity index (χ2n) is 13.4. The maximum atomic E-state index is 10.8. The molecule has 7 aromatic carbocycles. The number of hydrogen-bond donors (Lipinski definition) is 1. The number of rotatable bonds is 4. The Labute approximate surface area is 310 Å². The quantitative estimate of drug-likeness (QED) is 0.198. The van der Waals surface area contributed by atoms with Crippen LogP contribution in [0.4, 0.5) is 5.69 Å². The van der Waals surface area contributed by atoms with Crippen LogP contribution in [0.1, 0.15) is 39.5 Å². The highest BCUT2D eigenvalue weighted by atomic mass is 15.1. The molecule has 0 saturated heterocycles. The summed E-state index contributed by atoms with van der Waals surface area (Å²) < 4.78 is 4.54. The van der Waals surface area contributed by atoms with E-state index >= 15 is 0 Å². The predicted octanol–water partition coefficient (Wildman–Crippen LogP) is 10.5. The Balaban J connectivity index is 1.22. The molecule has 7 heteroatoms. The average molecular weight is 690 g/mol. The third kappa shape index (κ3) is 4.62. The lowest BCUT2D eigenvalue weighted by atomic mass is 9.90. The molecule has 0 aliphatic carbocycles. The average Bonchev–Trinajstić information content (AvgIpc) is 3.74. The lowest BCUT2D eigenvalue weighted by Crippen LogP contribution is -2.23. The summed E-state index contributed by atoms with van der Waals surface area (Å²) in [6.45, 7) is 0. The zero-order chi connectivity index (χ0) is 36.3.